The predicted octanol–water partition coefficient (Wildman–Crippen LogP) is 3.61. The Kier molecular flexibility index (Phi) is 8.77. The zero-order chi connectivity index (χ0) is 30.5. The molecule has 2 aliphatic rings. The molecule has 2 aliphatic heterocycles. The molecule has 10 nitrogen and oxygen atoms in total. The van der Waals surface area contributed by atoms with Crippen molar-refractivity contribution in [2.45, 2.75) is 39.3 Å². The van der Waals surface area contributed by atoms with Gasteiger partial charge >= 0.3 is 0 Å². The maximum absolute atomic E-state index is 12.5. The fourth-order valence-corrected chi connectivity index (χ4v) is 6.18. The molecule has 3 heterocycles. The molecule has 0 bridgehead atoms. The summed E-state index contributed by atoms with van der Waals surface area (Å²) in [5.74, 6) is -0.154. The number of carbonyl (C=O) groups excluding carboxylic acids is 2. The fraction of sp³-hybridized carbons (Fsp3) is 0.364. The number of pyridine rings is 1. The van der Waals surface area contributed by atoms with Crippen LogP contribution in [0.3, 0.4) is 0 Å². The molecule has 1 atom stereocenters. The molecule has 0 radical (unpaired) electrons. The molecular weight excluding hydrogens is 542 g/mol. The average molecular weight is 578 g/mol. The lowest BCUT2D eigenvalue weighted by Gasteiger charge is -2.43. The van der Waals surface area contributed by atoms with Gasteiger partial charge in [0.2, 0.25) is 17.7 Å². The van der Waals surface area contributed by atoms with Gasteiger partial charge in [0.25, 0.3) is 0 Å². The number of piperazine rings is 1. The minimum Gasteiger partial charge on any atom is -0.475 e. The molecule has 0 aliphatic carbocycles. The number of fused-ring (bicyclic) bond motifs is 2. The zero-order valence-electron chi connectivity index (χ0n) is 24.6. The Bertz CT molecular complexity index is 1650. The van der Waals surface area contributed by atoms with Crippen molar-refractivity contribution in [3.63, 3.8) is 0 Å². The van der Waals surface area contributed by atoms with E-state index in [0.29, 0.717) is 38.2 Å². The second kappa shape index (κ2) is 12.8. The lowest BCUT2D eigenvalue weighted by Crippen LogP contribution is -2.55. The number of aryl methyl sites for hydroxylation is 1. The third-order valence-electron chi connectivity index (χ3n) is 8.14. The molecule has 3 aromatic rings. The second-order valence-corrected chi connectivity index (χ2v) is 10.8. The van der Waals surface area contributed by atoms with Gasteiger partial charge in [-0.15, -0.1) is 0 Å². The lowest BCUT2D eigenvalue weighted by atomic mass is 9.95. The van der Waals surface area contributed by atoms with E-state index in [1.807, 2.05) is 0 Å². The van der Waals surface area contributed by atoms with Gasteiger partial charge in [-0.2, -0.15) is 10.5 Å². The van der Waals surface area contributed by atoms with E-state index in [4.69, 9.17) is 9.72 Å². The molecule has 220 valence electrons. The van der Waals surface area contributed by atoms with Crippen molar-refractivity contribution in [1.82, 2.24) is 15.2 Å². The van der Waals surface area contributed by atoms with Gasteiger partial charge in [0.15, 0.2) is 0 Å². The highest BCUT2D eigenvalue weighted by molar-refractivity contribution is 5.97. The van der Waals surface area contributed by atoms with Crippen molar-refractivity contribution in [2.75, 3.05) is 49.1 Å². The first-order valence-corrected chi connectivity index (χ1v) is 14.5. The molecule has 2 amide bonds. The number of anilines is 2. The van der Waals surface area contributed by atoms with E-state index < -0.39 is 0 Å². The normalized spacial score (nSPS) is 16.2. The Balaban J connectivity index is 1.56. The van der Waals surface area contributed by atoms with Crippen LogP contribution in [0, 0.1) is 29.6 Å². The Morgan fingerprint density at radius 1 is 1.16 bits per heavy atom. The minimum atomic E-state index is -0.345. The molecule has 0 saturated carbocycles. The SMILES string of the molecule is C=CC(=O)N1CCN(c2c(C#N)c(OCCNC(C)=O)nc3c2CCN(c2cccc4cccc(C)c24)C3)CC1CC#N. The van der Waals surface area contributed by atoms with Crippen molar-refractivity contribution in [3.8, 4) is 18.0 Å². The number of hydrogen-bond donors (Lipinski definition) is 1. The summed E-state index contributed by atoms with van der Waals surface area (Å²) in [6.07, 6.45) is 2.11. The molecule has 1 N–H and O–H groups in total. The molecule has 2 aromatic carbocycles. The number of aromatic nitrogens is 1. The lowest BCUT2D eigenvalue weighted by molar-refractivity contribution is -0.128. The van der Waals surface area contributed by atoms with Gasteiger partial charge in [-0.05, 0) is 36.4 Å². The van der Waals surface area contributed by atoms with Crippen molar-refractivity contribution >= 4 is 34.0 Å². The molecule has 43 heavy (non-hydrogen) atoms. The first kappa shape index (κ1) is 29.4. The molecule has 0 spiro atoms. The van der Waals surface area contributed by atoms with Crippen molar-refractivity contribution in [1.29, 1.82) is 10.5 Å². The maximum atomic E-state index is 12.5. The number of nitrogens with zero attached hydrogens (tertiary/aromatic N) is 6. The quantitative estimate of drug-likeness (QED) is 0.318. The van der Waals surface area contributed by atoms with Crippen LogP contribution < -0.4 is 19.9 Å². The van der Waals surface area contributed by atoms with Crippen LogP contribution in [0.2, 0.25) is 0 Å². The van der Waals surface area contributed by atoms with E-state index in [2.05, 4.69) is 77.2 Å². The Morgan fingerprint density at radius 3 is 2.67 bits per heavy atom. The smallest absolute Gasteiger partial charge is 0.246 e. The number of carbonyl (C=O) groups is 2. The van der Waals surface area contributed by atoms with Gasteiger partial charge < -0.3 is 24.8 Å². The highest BCUT2D eigenvalue weighted by Crippen LogP contribution is 2.39. The van der Waals surface area contributed by atoms with Crippen LogP contribution in [0.5, 0.6) is 5.88 Å². The van der Waals surface area contributed by atoms with Crippen molar-refractivity contribution in [3.05, 3.63) is 71.4 Å². The predicted molar refractivity (Wildman–Crippen MR) is 165 cm³/mol. The van der Waals surface area contributed by atoms with Gasteiger partial charge in [-0.1, -0.05) is 36.9 Å². The summed E-state index contributed by atoms with van der Waals surface area (Å²) in [5.41, 5.74) is 5.22. The number of rotatable bonds is 8. The first-order valence-electron chi connectivity index (χ1n) is 14.5. The van der Waals surface area contributed by atoms with Gasteiger partial charge in [-0.25, -0.2) is 4.98 Å². The van der Waals surface area contributed by atoms with Gasteiger partial charge in [-0.3, -0.25) is 9.59 Å². The second-order valence-electron chi connectivity index (χ2n) is 10.8. The third-order valence-corrected chi connectivity index (χ3v) is 8.14. The van der Waals surface area contributed by atoms with E-state index in [-0.39, 0.29) is 43.3 Å². The monoisotopic (exact) mass is 577 g/mol. The summed E-state index contributed by atoms with van der Waals surface area (Å²) in [4.78, 5) is 34.9. The minimum absolute atomic E-state index is 0.157. The summed E-state index contributed by atoms with van der Waals surface area (Å²) in [5, 5.41) is 25.0. The van der Waals surface area contributed by atoms with Crippen LogP contribution in [0.25, 0.3) is 10.8 Å². The van der Waals surface area contributed by atoms with Crippen molar-refractivity contribution < 1.29 is 14.3 Å². The molecule has 1 fully saturated rings. The molecule has 5 rings (SSSR count). The number of nitriles is 2. The number of benzene rings is 2. The number of nitrogens with one attached hydrogen (secondary N) is 1. The summed E-state index contributed by atoms with van der Waals surface area (Å²) >= 11 is 0. The molecule has 1 aromatic heterocycles. The van der Waals surface area contributed by atoms with Gasteiger partial charge in [0.1, 0.15) is 18.2 Å². The van der Waals surface area contributed by atoms with E-state index in [1.54, 1.807) is 4.90 Å². The largest absolute Gasteiger partial charge is 0.475 e. The summed E-state index contributed by atoms with van der Waals surface area (Å²) in [7, 11) is 0. The van der Waals surface area contributed by atoms with Gasteiger partial charge in [0, 0.05) is 49.7 Å². The maximum Gasteiger partial charge on any atom is 0.246 e. The van der Waals surface area contributed by atoms with Crippen molar-refractivity contribution in [2.24, 2.45) is 0 Å². The number of hydrogen-bond acceptors (Lipinski definition) is 8. The average Bonchev–Trinajstić information content (AvgIpc) is 3.01. The Morgan fingerprint density at radius 2 is 1.95 bits per heavy atom. The molecule has 1 saturated heterocycles. The third kappa shape index (κ3) is 5.96. The highest BCUT2D eigenvalue weighted by atomic mass is 16.5. The topological polar surface area (TPSA) is 126 Å². The van der Waals surface area contributed by atoms with Crippen LogP contribution >= 0.6 is 0 Å². The first-order chi connectivity index (χ1) is 20.9. The van der Waals surface area contributed by atoms with E-state index in [9.17, 15) is 20.1 Å². The standard InChI is InChI=1S/C33H35N7O3/c1-4-30(42)40-17-16-39(20-25(40)11-13-34)32-26-12-15-38(29-10-6-9-24-8-5-7-22(2)31(24)29)21-28(26)37-33(27(32)19-35)43-18-14-36-23(3)41/h4-10,25H,1,11-12,14-18,20-21H2,2-3H3,(H,36,41). The molecule has 10 heteroatoms. The Hall–Kier alpha value is -5.09. The van der Waals surface area contributed by atoms with Crippen LogP contribution in [-0.4, -0.2) is 67.1 Å². The zero-order valence-corrected chi connectivity index (χ0v) is 24.6. The van der Waals surface area contributed by atoms with Gasteiger partial charge in [0.05, 0.1) is 43.0 Å². The molecular formula is C33H35N7O3. The van der Waals surface area contributed by atoms with Crippen LogP contribution in [0.4, 0.5) is 11.4 Å². The highest BCUT2D eigenvalue weighted by Gasteiger charge is 2.35. The fourth-order valence-electron chi connectivity index (χ4n) is 6.18. The van der Waals surface area contributed by atoms with E-state index in [0.717, 1.165) is 29.2 Å². The van der Waals surface area contributed by atoms with E-state index in [1.165, 1.54) is 29.3 Å². The van der Waals surface area contributed by atoms with Crippen LogP contribution in [0.1, 0.15) is 35.7 Å². The number of ether oxygens (including phenoxy) is 1. The van der Waals surface area contributed by atoms with E-state index >= 15 is 0 Å². The summed E-state index contributed by atoms with van der Waals surface area (Å²) in [6, 6.07) is 16.8. The Labute approximate surface area is 251 Å². The summed E-state index contributed by atoms with van der Waals surface area (Å²) in [6.45, 7) is 10.2. The molecule has 1 unspecified atom stereocenters. The number of amides is 2. The summed E-state index contributed by atoms with van der Waals surface area (Å²) < 4.78 is 6.03. The van der Waals surface area contributed by atoms with Crippen LogP contribution in [0.15, 0.2) is 49.1 Å². The van der Waals surface area contributed by atoms with Crippen LogP contribution in [-0.2, 0) is 22.6 Å².